The zero-order valence-electron chi connectivity index (χ0n) is 16.3. The van der Waals surface area contributed by atoms with Gasteiger partial charge in [-0.25, -0.2) is 12.2 Å². The van der Waals surface area contributed by atoms with E-state index in [1.165, 1.54) is 0 Å². The molecule has 25 heavy (non-hydrogen) atoms. The molecule has 0 fully saturated rings. The molecule has 0 heterocycles. The van der Waals surface area contributed by atoms with Crippen molar-refractivity contribution in [2.45, 2.75) is 85.5 Å². The summed E-state index contributed by atoms with van der Waals surface area (Å²) in [4.78, 5) is 0. The van der Waals surface area contributed by atoms with E-state index in [0.717, 1.165) is 25.7 Å². The molecule has 0 aromatic carbocycles. The second kappa shape index (κ2) is 32.3. The van der Waals surface area contributed by atoms with Gasteiger partial charge in [0.15, 0.2) is 0 Å². The van der Waals surface area contributed by atoms with E-state index in [0.29, 0.717) is 0 Å². The van der Waals surface area contributed by atoms with Crippen molar-refractivity contribution in [3.05, 3.63) is 24.3 Å². The molecule has 0 aliphatic heterocycles. The van der Waals surface area contributed by atoms with Gasteiger partial charge in [0.25, 0.3) is 0 Å². The Bertz CT molecular complexity index is 234. The fourth-order valence-corrected chi connectivity index (χ4v) is 0.340. The molecule has 3 unspecified atom stereocenters. The number of allylic oxidation sites excluding steroid dienone is 4. The van der Waals surface area contributed by atoms with Gasteiger partial charge in [-0.1, -0.05) is 20.8 Å². The van der Waals surface area contributed by atoms with Crippen molar-refractivity contribution in [3.63, 3.8) is 0 Å². The molecule has 0 bridgehead atoms. The van der Waals surface area contributed by atoms with Gasteiger partial charge in [0, 0.05) is 26.2 Å². The predicted octanol–water partition coefficient (Wildman–Crippen LogP) is 4.51. The first-order valence-electron chi connectivity index (χ1n) is 8.14. The minimum absolute atomic E-state index is 0. The van der Waals surface area contributed by atoms with E-state index in [-0.39, 0.29) is 44.5 Å². The van der Waals surface area contributed by atoms with E-state index < -0.39 is 15.7 Å². The van der Waals surface area contributed by atoms with E-state index in [2.05, 4.69) is 12.2 Å². The number of rotatable bonds is 3. The summed E-state index contributed by atoms with van der Waals surface area (Å²) < 4.78 is 29.5. The third-order valence-corrected chi connectivity index (χ3v) is 2.36. The van der Waals surface area contributed by atoms with E-state index >= 15 is 0 Å². The molecule has 1 aliphatic rings. The van der Waals surface area contributed by atoms with Crippen LogP contribution in [0.15, 0.2) is 18.2 Å². The van der Waals surface area contributed by atoms with Crippen molar-refractivity contribution in [3.8, 4) is 0 Å². The standard InChI is InChI=1S/C5H5.3C4H10O.F3Ge.Zr/c1-2-4-5-3-1;3*1-3-4(2)5;1-4(2)3;/h1-3H,4H2;3*4-5H,3H2,1-2H3;;/q-1;;;;;. The Hall–Kier alpha value is 0.576. The average Bonchev–Trinajstić information content (AvgIpc) is 3.07. The zero-order valence-corrected chi connectivity index (χ0v) is 20.8. The molecule has 1 rings (SSSR count). The van der Waals surface area contributed by atoms with Crippen molar-refractivity contribution in [2.75, 3.05) is 0 Å². The summed E-state index contributed by atoms with van der Waals surface area (Å²) in [7, 11) is 0. The van der Waals surface area contributed by atoms with Gasteiger partial charge in [-0.05, 0) is 40.0 Å². The Kier molecular flexibility index (Phi) is 47.1. The Morgan fingerprint density at radius 3 is 1.16 bits per heavy atom. The number of hydrogen-bond acceptors (Lipinski definition) is 3. The summed E-state index contributed by atoms with van der Waals surface area (Å²) in [5, 5.41) is 25.1. The quantitative estimate of drug-likeness (QED) is 0.389. The zero-order chi connectivity index (χ0) is 20.0. The molecule has 0 spiro atoms. The molecule has 1 radical (unpaired) electrons. The van der Waals surface area contributed by atoms with Crippen LogP contribution in [0.5, 0.6) is 0 Å². The largest absolute Gasteiger partial charge is 0 e. The Balaban J connectivity index is -0.0000000662. The first kappa shape index (κ1) is 36.5. The van der Waals surface area contributed by atoms with Gasteiger partial charge >= 0.3 is 26.2 Å². The van der Waals surface area contributed by atoms with Crippen LogP contribution in [0.4, 0.5) is 10.5 Å². The molecule has 0 aromatic heterocycles. The van der Waals surface area contributed by atoms with Crippen molar-refractivity contribution in [1.82, 2.24) is 0 Å². The molecule has 0 amide bonds. The summed E-state index contributed by atoms with van der Waals surface area (Å²) in [6.45, 7) is 11.2. The van der Waals surface area contributed by atoms with Crippen LogP contribution in [-0.2, 0) is 26.2 Å². The van der Waals surface area contributed by atoms with Crippen LogP contribution in [0.2, 0.25) is 0 Å². The molecular weight excluding hydrogens is 473 g/mol. The Morgan fingerprint density at radius 2 is 1.12 bits per heavy atom. The van der Waals surface area contributed by atoms with E-state index in [1.54, 1.807) is 20.8 Å². The molecule has 3 nitrogen and oxygen atoms in total. The molecule has 0 aromatic rings. The summed E-state index contributed by atoms with van der Waals surface area (Å²) in [5.74, 6) is 0. The summed E-state index contributed by atoms with van der Waals surface area (Å²) in [6.07, 6.45) is 12.2. The van der Waals surface area contributed by atoms with Gasteiger partial charge in [-0.15, -0.1) is 6.42 Å². The van der Waals surface area contributed by atoms with Crippen LogP contribution >= 0.6 is 0 Å². The molecule has 151 valence electrons. The van der Waals surface area contributed by atoms with Crippen molar-refractivity contribution in [1.29, 1.82) is 0 Å². The number of aliphatic hydroxyl groups is 3. The summed E-state index contributed by atoms with van der Waals surface area (Å²) >= 11 is -4.83. The van der Waals surface area contributed by atoms with Gasteiger partial charge in [-0.2, -0.15) is 6.08 Å². The number of hydrogen-bond donors (Lipinski definition) is 3. The van der Waals surface area contributed by atoms with Gasteiger partial charge in [0.2, 0.25) is 0 Å². The Labute approximate surface area is 177 Å². The summed E-state index contributed by atoms with van der Waals surface area (Å²) in [6, 6.07) is 0. The fourth-order valence-electron chi connectivity index (χ4n) is 0.340. The molecule has 0 saturated carbocycles. The predicted molar refractivity (Wildman–Crippen MR) is 96.6 cm³/mol. The van der Waals surface area contributed by atoms with Gasteiger partial charge in [-0.3, -0.25) is 6.08 Å². The third-order valence-electron chi connectivity index (χ3n) is 2.36. The maximum atomic E-state index is 9.83. The monoisotopic (exact) mass is 508 g/mol. The van der Waals surface area contributed by atoms with Crippen LogP contribution in [0, 0.1) is 6.08 Å². The van der Waals surface area contributed by atoms with Crippen molar-refractivity contribution in [2.24, 2.45) is 0 Å². The first-order valence-corrected chi connectivity index (χ1v) is 10.5. The first-order chi connectivity index (χ1) is 11.0. The molecule has 8 heteroatoms. The minimum atomic E-state index is -4.83. The van der Waals surface area contributed by atoms with E-state index in [9.17, 15) is 10.5 Å². The average molecular weight is 508 g/mol. The van der Waals surface area contributed by atoms with Crippen LogP contribution in [0.1, 0.15) is 67.2 Å². The van der Waals surface area contributed by atoms with E-state index in [1.807, 2.05) is 32.9 Å². The number of aliphatic hydroxyl groups excluding tert-OH is 3. The van der Waals surface area contributed by atoms with Crippen molar-refractivity contribution < 1.29 is 52.0 Å². The topological polar surface area (TPSA) is 60.7 Å². The molecule has 3 atom stereocenters. The third kappa shape index (κ3) is 93.5. The van der Waals surface area contributed by atoms with Crippen LogP contribution in [0.25, 0.3) is 0 Å². The van der Waals surface area contributed by atoms with Crippen LogP contribution < -0.4 is 0 Å². The maximum Gasteiger partial charge on any atom is 0 e. The Morgan fingerprint density at radius 1 is 0.880 bits per heavy atom. The maximum absolute atomic E-state index is 9.83. The molecular formula is C17H35F3GeO3Zr-. The second-order valence-corrected chi connectivity index (χ2v) is 5.89. The van der Waals surface area contributed by atoms with Gasteiger partial charge < -0.3 is 15.3 Å². The van der Waals surface area contributed by atoms with Crippen LogP contribution in [0.3, 0.4) is 0 Å². The molecule has 1 aliphatic carbocycles. The van der Waals surface area contributed by atoms with E-state index in [4.69, 9.17) is 15.3 Å². The second-order valence-electron chi connectivity index (χ2n) is 4.99. The van der Waals surface area contributed by atoms with Crippen LogP contribution in [-0.4, -0.2) is 49.4 Å². The molecule has 3 N–H and O–H groups in total. The number of halogens is 3. The summed E-state index contributed by atoms with van der Waals surface area (Å²) in [5.41, 5.74) is 0. The van der Waals surface area contributed by atoms with Crippen molar-refractivity contribution >= 4 is 15.7 Å². The minimum Gasteiger partial charge on any atom is 0 e. The normalized spacial score (nSPS) is 14.0. The fraction of sp³-hybridized carbons (Fsp3) is 0.765. The van der Waals surface area contributed by atoms with Gasteiger partial charge in [0.05, 0.1) is 18.3 Å². The molecule has 0 saturated heterocycles. The smallest absolute Gasteiger partial charge is 0 e. The SMILES string of the molecule is CCC(C)O.CCC(C)O.CCC(C)O.[C-]1=CC=CC1.[F][Ge]([F])[F].[Zr]. The van der Waals surface area contributed by atoms with Gasteiger partial charge in [0.1, 0.15) is 0 Å².